The fraction of sp³-hybridized carbons (Fsp3) is 0.583. The highest BCUT2D eigenvalue weighted by Crippen LogP contribution is 2.24. The SMILES string of the molecule is CN(C)S(=O)(=O)c1ccc(NCC2CSCCS2)nc1. The van der Waals surface area contributed by atoms with E-state index in [9.17, 15) is 8.42 Å². The highest BCUT2D eigenvalue weighted by Gasteiger charge is 2.18. The van der Waals surface area contributed by atoms with Crippen molar-refractivity contribution in [2.75, 3.05) is 43.2 Å². The molecule has 1 saturated heterocycles. The van der Waals surface area contributed by atoms with Crippen LogP contribution in [0.2, 0.25) is 0 Å². The fourth-order valence-electron chi connectivity index (χ4n) is 1.72. The lowest BCUT2D eigenvalue weighted by Gasteiger charge is -2.21. The number of sulfonamides is 1. The molecule has 2 heterocycles. The Balaban J connectivity index is 1.94. The predicted octanol–water partition coefficient (Wildman–Crippen LogP) is 1.59. The van der Waals surface area contributed by atoms with E-state index in [0.717, 1.165) is 18.1 Å². The lowest BCUT2D eigenvalue weighted by Crippen LogP contribution is -2.24. The summed E-state index contributed by atoms with van der Waals surface area (Å²) < 4.78 is 25.0. The summed E-state index contributed by atoms with van der Waals surface area (Å²) in [5, 5.41) is 3.87. The van der Waals surface area contributed by atoms with Gasteiger partial charge in [0.1, 0.15) is 10.7 Å². The summed E-state index contributed by atoms with van der Waals surface area (Å²) in [6.45, 7) is 0.866. The molecular formula is C12H19N3O2S3. The molecule has 0 saturated carbocycles. The molecule has 112 valence electrons. The van der Waals surface area contributed by atoms with E-state index < -0.39 is 10.0 Å². The first kappa shape index (κ1) is 15.9. The number of pyridine rings is 1. The molecule has 0 spiro atoms. The van der Waals surface area contributed by atoms with Crippen LogP contribution >= 0.6 is 23.5 Å². The van der Waals surface area contributed by atoms with E-state index in [1.807, 2.05) is 23.5 Å². The van der Waals surface area contributed by atoms with E-state index in [1.54, 1.807) is 12.1 Å². The van der Waals surface area contributed by atoms with Crippen LogP contribution in [0, 0.1) is 0 Å². The van der Waals surface area contributed by atoms with Crippen molar-refractivity contribution < 1.29 is 8.42 Å². The minimum Gasteiger partial charge on any atom is -0.369 e. The number of aromatic nitrogens is 1. The molecule has 1 fully saturated rings. The molecule has 1 aromatic rings. The van der Waals surface area contributed by atoms with Gasteiger partial charge in [0.15, 0.2) is 0 Å². The zero-order chi connectivity index (χ0) is 14.6. The number of thioether (sulfide) groups is 2. The zero-order valence-corrected chi connectivity index (χ0v) is 14.0. The highest BCUT2D eigenvalue weighted by molar-refractivity contribution is 8.06. The third-order valence-electron chi connectivity index (χ3n) is 2.91. The van der Waals surface area contributed by atoms with E-state index in [-0.39, 0.29) is 4.90 Å². The van der Waals surface area contributed by atoms with Crippen molar-refractivity contribution in [2.45, 2.75) is 10.1 Å². The average Bonchev–Trinajstić information content (AvgIpc) is 2.46. The van der Waals surface area contributed by atoms with Gasteiger partial charge in [-0.15, -0.1) is 0 Å². The average molecular weight is 334 g/mol. The molecule has 1 aliphatic rings. The van der Waals surface area contributed by atoms with Crippen LogP contribution in [0.1, 0.15) is 0 Å². The third-order valence-corrected chi connectivity index (χ3v) is 7.55. The Morgan fingerprint density at radius 1 is 1.40 bits per heavy atom. The van der Waals surface area contributed by atoms with Crippen molar-refractivity contribution in [3.05, 3.63) is 18.3 Å². The van der Waals surface area contributed by atoms with Crippen molar-refractivity contribution in [1.82, 2.24) is 9.29 Å². The molecule has 2 rings (SSSR count). The van der Waals surface area contributed by atoms with Gasteiger partial charge in [0.05, 0.1) is 0 Å². The Bertz CT molecular complexity index is 525. The van der Waals surface area contributed by atoms with Crippen LogP contribution < -0.4 is 5.32 Å². The Kier molecular flexibility index (Phi) is 5.59. The van der Waals surface area contributed by atoms with Gasteiger partial charge in [-0.05, 0) is 12.1 Å². The fourth-order valence-corrected chi connectivity index (χ4v) is 5.18. The minimum atomic E-state index is -3.39. The minimum absolute atomic E-state index is 0.218. The molecule has 1 unspecified atom stereocenters. The highest BCUT2D eigenvalue weighted by atomic mass is 32.2. The molecule has 1 aliphatic heterocycles. The largest absolute Gasteiger partial charge is 0.369 e. The number of hydrogen-bond donors (Lipinski definition) is 1. The van der Waals surface area contributed by atoms with Gasteiger partial charge in [0, 0.05) is 49.3 Å². The number of hydrogen-bond acceptors (Lipinski definition) is 6. The Labute approximate surface area is 129 Å². The summed E-state index contributed by atoms with van der Waals surface area (Å²) in [4.78, 5) is 4.40. The molecule has 5 nitrogen and oxygen atoms in total. The number of nitrogens with zero attached hydrogens (tertiary/aromatic N) is 2. The van der Waals surface area contributed by atoms with Crippen molar-refractivity contribution in [2.24, 2.45) is 0 Å². The van der Waals surface area contributed by atoms with E-state index in [2.05, 4.69) is 10.3 Å². The molecule has 0 aromatic carbocycles. The van der Waals surface area contributed by atoms with Gasteiger partial charge in [0.25, 0.3) is 0 Å². The summed E-state index contributed by atoms with van der Waals surface area (Å²) in [5.74, 6) is 4.31. The molecular weight excluding hydrogens is 314 g/mol. The van der Waals surface area contributed by atoms with Crippen LogP contribution in [0.4, 0.5) is 5.82 Å². The molecule has 0 radical (unpaired) electrons. The smallest absolute Gasteiger partial charge is 0.244 e. The lowest BCUT2D eigenvalue weighted by atomic mass is 10.4. The van der Waals surface area contributed by atoms with Crippen molar-refractivity contribution in [3.8, 4) is 0 Å². The van der Waals surface area contributed by atoms with Crippen molar-refractivity contribution in [1.29, 1.82) is 0 Å². The second kappa shape index (κ2) is 7.02. The van der Waals surface area contributed by atoms with Crippen molar-refractivity contribution in [3.63, 3.8) is 0 Å². The quantitative estimate of drug-likeness (QED) is 0.883. The molecule has 20 heavy (non-hydrogen) atoms. The van der Waals surface area contributed by atoms with Gasteiger partial charge >= 0.3 is 0 Å². The van der Waals surface area contributed by atoms with Crippen LogP contribution in [0.25, 0.3) is 0 Å². The molecule has 0 bridgehead atoms. The summed E-state index contributed by atoms with van der Waals surface area (Å²) in [6, 6.07) is 3.31. The lowest BCUT2D eigenvalue weighted by molar-refractivity contribution is 0.520. The first-order chi connectivity index (χ1) is 9.50. The van der Waals surface area contributed by atoms with Crippen LogP contribution in [0.3, 0.4) is 0 Å². The number of anilines is 1. The molecule has 1 aromatic heterocycles. The molecule has 0 amide bonds. The maximum atomic E-state index is 11.9. The molecule has 1 atom stereocenters. The van der Waals surface area contributed by atoms with Crippen LogP contribution in [-0.4, -0.2) is 60.9 Å². The van der Waals surface area contributed by atoms with Gasteiger partial charge in [-0.1, -0.05) is 0 Å². The summed E-state index contributed by atoms with van der Waals surface area (Å²) in [7, 11) is -0.367. The zero-order valence-electron chi connectivity index (χ0n) is 11.6. The van der Waals surface area contributed by atoms with Crippen LogP contribution in [-0.2, 0) is 10.0 Å². The molecule has 1 N–H and O–H groups in total. The van der Waals surface area contributed by atoms with E-state index in [4.69, 9.17) is 0 Å². The molecule has 0 aliphatic carbocycles. The topological polar surface area (TPSA) is 62.3 Å². The summed E-state index contributed by atoms with van der Waals surface area (Å²) in [6.07, 6.45) is 1.40. The Morgan fingerprint density at radius 3 is 2.75 bits per heavy atom. The molecule has 8 heteroatoms. The van der Waals surface area contributed by atoms with E-state index in [0.29, 0.717) is 5.25 Å². The van der Waals surface area contributed by atoms with E-state index in [1.165, 1.54) is 36.1 Å². The maximum Gasteiger partial charge on any atom is 0.244 e. The van der Waals surface area contributed by atoms with Crippen LogP contribution in [0.15, 0.2) is 23.2 Å². The van der Waals surface area contributed by atoms with Gasteiger partial charge in [-0.3, -0.25) is 0 Å². The summed E-state index contributed by atoms with van der Waals surface area (Å²) in [5.41, 5.74) is 0. The summed E-state index contributed by atoms with van der Waals surface area (Å²) >= 11 is 3.96. The first-order valence-corrected chi connectivity index (χ1v) is 9.96. The van der Waals surface area contributed by atoms with Gasteiger partial charge in [-0.25, -0.2) is 17.7 Å². The Morgan fingerprint density at radius 2 is 2.20 bits per heavy atom. The Hall–Kier alpha value is -0.440. The van der Waals surface area contributed by atoms with Crippen molar-refractivity contribution >= 4 is 39.4 Å². The number of rotatable bonds is 5. The normalized spacial score (nSPS) is 20.1. The van der Waals surface area contributed by atoms with E-state index >= 15 is 0 Å². The number of nitrogens with one attached hydrogen (secondary N) is 1. The second-order valence-electron chi connectivity index (χ2n) is 4.62. The van der Waals surface area contributed by atoms with Gasteiger partial charge in [-0.2, -0.15) is 23.5 Å². The predicted molar refractivity (Wildman–Crippen MR) is 87.2 cm³/mol. The standard InChI is InChI=1S/C12H19N3O2S3/c1-15(2)20(16,17)11-3-4-12(14-8-11)13-7-10-9-18-5-6-19-10/h3-4,8,10H,5-7,9H2,1-2H3,(H,13,14). The monoisotopic (exact) mass is 333 g/mol. The third kappa shape index (κ3) is 4.03. The van der Waals surface area contributed by atoms with Gasteiger partial charge in [0.2, 0.25) is 10.0 Å². The van der Waals surface area contributed by atoms with Crippen LogP contribution in [0.5, 0.6) is 0 Å². The second-order valence-corrected chi connectivity index (χ2v) is 9.33. The maximum absolute atomic E-state index is 11.9. The van der Waals surface area contributed by atoms with Gasteiger partial charge < -0.3 is 5.32 Å². The first-order valence-electron chi connectivity index (χ1n) is 6.32.